The van der Waals surface area contributed by atoms with Gasteiger partial charge < -0.3 is 10.8 Å². The molecule has 0 aliphatic heterocycles. The van der Waals surface area contributed by atoms with Gasteiger partial charge >= 0.3 is 0 Å². The third-order valence-corrected chi connectivity index (χ3v) is 2.33. The lowest BCUT2D eigenvalue weighted by atomic mass is 9.75. The summed E-state index contributed by atoms with van der Waals surface area (Å²) in [5.74, 6) is 0. The quantitative estimate of drug-likeness (QED) is 0.682. The predicted molar refractivity (Wildman–Crippen MR) is 53.0 cm³/mol. The third kappa shape index (κ3) is 4.07. The number of nitrogens with two attached hydrogens (primary N) is 1. The molecule has 2 heteroatoms. The first-order valence-electron chi connectivity index (χ1n) is 4.67. The molecule has 0 amide bonds. The van der Waals surface area contributed by atoms with Crippen LogP contribution >= 0.6 is 0 Å². The SMILES string of the molecule is CCC(N)C(C)(C)CC(C)(C)O. The Labute approximate surface area is 76.2 Å². The summed E-state index contributed by atoms with van der Waals surface area (Å²) in [7, 11) is 0. The monoisotopic (exact) mass is 173 g/mol. The molecule has 0 bridgehead atoms. The maximum Gasteiger partial charge on any atom is 0.0597 e. The molecule has 3 N–H and O–H groups in total. The second-order valence-corrected chi connectivity index (χ2v) is 4.99. The summed E-state index contributed by atoms with van der Waals surface area (Å²) in [6.07, 6.45) is 1.71. The largest absolute Gasteiger partial charge is 0.390 e. The van der Waals surface area contributed by atoms with Crippen LogP contribution in [0.3, 0.4) is 0 Å². The molecule has 0 rings (SSSR count). The summed E-state index contributed by atoms with van der Waals surface area (Å²) in [6, 6.07) is 0.170. The molecule has 1 atom stereocenters. The highest BCUT2D eigenvalue weighted by Gasteiger charge is 2.31. The van der Waals surface area contributed by atoms with E-state index in [9.17, 15) is 5.11 Å². The summed E-state index contributed by atoms with van der Waals surface area (Å²) < 4.78 is 0. The first-order valence-corrected chi connectivity index (χ1v) is 4.67. The van der Waals surface area contributed by atoms with Crippen LogP contribution in [0.4, 0.5) is 0 Å². The Hall–Kier alpha value is -0.0800. The van der Waals surface area contributed by atoms with E-state index in [-0.39, 0.29) is 11.5 Å². The van der Waals surface area contributed by atoms with Crippen LogP contribution in [0.25, 0.3) is 0 Å². The fraction of sp³-hybridized carbons (Fsp3) is 1.00. The van der Waals surface area contributed by atoms with Crippen molar-refractivity contribution in [2.45, 2.75) is 59.1 Å². The van der Waals surface area contributed by atoms with Gasteiger partial charge in [-0.2, -0.15) is 0 Å². The lowest BCUT2D eigenvalue weighted by Gasteiger charge is -2.36. The van der Waals surface area contributed by atoms with Crippen LogP contribution < -0.4 is 5.73 Å². The topological polar surface area (TPSA) is 46.2 Å². The molecular weight excluding hydrogens is 150 g/mol. The van der Waals surface area contributed by atoms with Crippen molar-refractivity contribution in [3.63, 3.8) is 0 Å². The van der Waals surface area contributed by atoms with E-state index in [0.717, 1.165) is 12.8 Å². The summed E-state index contributed by atoms with van der Waals surface area (Å²) in [5.41, 5.74) is 5.35. The first-order chi connectivity index (χ1) is 5.19. The molecule has 0 radical (unpaired) electrons. The number of aliphatic hydroxyl groups is 1. The number of rotatable bonds is 4. The van der Waals surface area contributed by atoms with Gasteiger partial charge in [0, 0.05) is 6.04 Å². The molecule has 0 saturated heterocycles. The smallest absolute Gasteiger partial charge is 0.0597 e. The van der Waals surface area contributed by atoms with Crippen LogP contribution in [0, 0.1) is 5.41 Å². The molecule has 74 valence electrons. The highest BCUT2D eigenvalue weighted by molar-refractivity contribution is 4.85. The third-order valence-electron chi connectivity index (χ3n) is 2.33. The minimum atomic E-state index is -0.615. The van der Waals surface area contributed by atoms with E-state index in [0.29, 0.717) is 0 Å². The Bertz CT molecular complexity index is 135. The Morgan fingerprint density at radius 1 is 1.25 bits per heavy atom. The van der Waals surface area contributed by atoms with Crippen molar-refractivity contribution in [3.8, 4) is 0 Å². The molecule has 0 aromatic carbocycles. The van der Waals surface area contributed by atoms with Crippen molar-refractivity contribution >= 4 is 0 Å². The molecule has 0 saturated carbocycles. The molecule has 0 aliphatic carbocycles. The summed E-state index contributed by atoms with van der Waals surface area (Å²) in [4.78, 5) is 0. The average molecular weight is 173 g/mol. The zero-order valence-electron chi connectivity index (χ0n) is 9.02. The average Bonchev–Trinajstić information content (AvgIpc) is 1.80. The summed E-state index contributed by atoms with van der Waals surface area (Å²) in [5, 5.41) is 9.64. The Kier molecular flexibility index (Phi) is 3.73. The molecule has 0 fully saturated rings. The van der Waals surface area contributed by atoms with Crippen LogP contribution in [0.2, 0.25) is 0 Å². The minimum absolute atomic E-state index is 0.0208. The number of hydrogen-bond donors (Lipinski definition) is 2. The molecular formula is C10H23NO. The van der Waals surface area contributed by atoms with Crippen molar-refractivity contribution in [1.82, 2.24) is 0 Å². The zero-order valence-corrected chi connectivity index (χ0v) is 9.02. The highest BCUT2D eigenvalue weighted by Crippen LogP contribution is 2.31. The van der Waals surface area contributed by atoms with Gasteiger partial charge in [0.15, 0.2) is 0 Å². The van der Waals surface area contributed by atoms with Gasteiger partial charge in [0.05, 0.1) is 5.60 Å². The van der Waals surface area contributed by atoms with Gasteiger partial charge in [0.1, 0.15) is 0 Å². The Balaban J connectivity index is 4.22. The van der Waals surface area contributed by atoms with Crippen LogP contribution in [-0.2, 0) is 0 Å². The van der Waals surface area contributed by atoms with E-state index in [4.69, 9.17) is 5.73 Å². The van der Waals surface area contributed by atoms with Crippen LogP contribution in [0.15, 0.2) is 0 Å². The lowest BCUT2D eigenvalue weighted by Crippen LogP contribution is -2.41. The molecule has 2 nitrogen and oxygen atoms in total. The van der Waals surface area contributed by atoms with E-state index < -0.39 is 5.60 Å². The fourth-order valence-electron chi connectivity index (χ4n) is 1.80. The predicted octanol–water partition coefficient (Wildman–Crippen LogP) is 1.91. The molecule has 0 aromatic rings. The maximum atomic E-state index is 9.64. The van der Waals surface area contributed by atoms with Gasteiger partial charge in [-0.25, -0.2) is 0 Å². The van der Waals surface area contributed by atoms with Crippen molar-refractivity contribution in [1.29, 1.82) is 0 Å². The summed E-state index contributed by atoms with van der Waals surface area (Å²) in [6.45, 7) is 9.96. The molecule has 12 heavy (non-hydrogen) atoms. The standard InChI is InChI=1S/C10H23NO/c1-6-8(11)9(2,3)7-10(4,5)12/h8,12H,6-7,11H2,1-5H3. The van der Waals surface area contributed by atoms with Gasteiger partial charge in [-0.3, -0.25) is 0 Å². The molecule has 0 aliphatic rings. The van der Waals surface area contributed by atoms with E-state index in [1.165, 1.54) is 0 Å². The van der Waals surface area contributed by atoms with Crippen molar-refractivity contribution in [2.24, 2.45) is 11.1 Å². The van der Waals surface area contributed by atoms with Gasteiger partial charge in [-0.15, -0.1) is 0 Å². The molecule has 0 spiro atoms. The minimum Gasteiger partial charge on any atom is -0.390 e. The number of hydrogen-bond acceptors (Lipinski definition) is 2. The zero-order chi connectivity index (χ0) is 9.99. The van der Waals surface area contributed by atoms with Crippen molar-refractivity contribution in [2.75, 3.05) is 0 Å². The van der Waals surface area contributed by atoms with E-state index in [1.807, 2.05) is 13.8 Å². The van der Waals surface area contributed by atoms with Crippen LogP contribution in [0.5, 0.6) is 0 Å². The summed E-state index contributed by atoms with van der Waals surface area (Å²) >= 11 is 0. The van der Waals surface area contributed by atoms with E-state index >= 15 is 0 Å². The molecule has 0 heterocycles. The van der Waals surface area contributed by atoms with Gasteiger partial charge in [-0.1, -0.05) is 20.8 Å². The second kappa shape index (κ2) is 3.75. The van der Waals surface area contributed by atoms with E-state index in [1.54, 1.807) is 0 Å². The van der Waals surface area contributed by atoms with Crippen molar-refractivity contribution in [3.05, 3.63) is 0 Å². The Morgan fingerprint density at radius 2 is 1.67 bits per heavy atom. The van der Waals surface area contributed by atoms with Gasteiger partial charge in [0.2, 0.25) is 0 Å². The highest BCUT2D eigenvalue weighted by atomic mass is 16.3. The second-order valence-electron chi connectivity index (χ2n) is 4.99. The van der Waals surface area contributed by atoms with E-state index in [2.05, 4.69) is 20.8 Å². The molecule has 1 unspecified atom stereocenters. The van der Waals surface area contributed by atoms with Gasteiger partial charge in [-0.05, 0) is 32.1 Å². The normalized spacial score (nSPS) is 16.2. The maximum absolute atomic E-state index is 9.64. The first kappa shape index (κ1) is 11.9. The van der Waals surface area contributed by atoms with Crippen molar-refractivity contribution < 1.29 is 5.11 Å². The van der Waals surface area contributed by atoms with Gasteiger partial charge in [0.25, 0.3) is 0 Å². The van der Waals surface area contributed by atoms with Crippen LogP contribution in [-0.4, -0.2) is 16.7 Å². The molecule has 0 aromatic heterocycles. The Morgan fingerprint density at radius 3 is 1.92 bits per heavy atom. The van der Waals surface area contributed by atoms with Crippen LogP contribution in [0.1, 0.15) is 47.5 Å². The lowest BCUT2D eigenvalue weighted by molar-refractivity contribution is 0.0233. The fourth-order valence-corrected chi connectivity index (χ4v) is 1.80.